The van der Waals surface area contributed by atoms with Crippen LogP contribution >= 0.6 is 0 Å². The van der Waals surface area contributed by atoms with Crippen LogP contribution < -0.4 is 9.47 Å². The molecular weight excluding hydrogens is 236 g/mol. The fourth-order valence-corrected chi connectivity index (χ4v) is 1.82. The molecule has 0 aliphatic heterocycles. The van der Waals surface area contributed by atoms with E-state index in [1.165, 1.54) is 5.56 Å². The zero-order chi connectivity index (χ0) is 13.7. The molecule has 19 heavy (non-hydrogen) atoms. The Labute approximate surface area is 114 Å². The molecule has 0 aliphatic carbocycles. The second-order valence-electron chi connectivity index (χ2n) is 4.45. The van der Waals surface area contributed by atoms with Gasteiger partial charge in [-0.1, -0.05) is 42.5 Å². The molecule has 0 aromatic heterocycles. The lowest BCUT2D eigenvalue weighted by molar-refractivity contribution is 0.119. The van der Waals surface area contributed by atoms with Crippen LogP contribution in [0.3, 0.4) is 0 Å². The highest BCUT2D eigenvalue weighted by Crippen LogP contribution is 2.19. The van der Waals surface area contributed by atoms with Crippen molar-refractivity contribution in [2.24, 2.45) is 0 Å². The van der Waals surface area contributed by atoms with Gasteiger partial charge in [-0.2, -0.15) is 0 Å². The summed E-state index contributed by atoms with van der Waals surface area (Å²) in [5.74, 6) is 1.64. The number of benzene rings is 2. The molecule has 2 rings (SSSR count). The zero-order valence-corrected chi connectivity index (χ0v) is 11.3. The number of ether oxygens (including phenoxy) is 2. The summed E-state index contributed by atoms with van der Waals surface area (Å²) in [6.45, 7) is 8.01. The van der Waals surface area contributed by atoms with Crippen molar-refractivity contribution >= 4 is 6.08 Å². The van der Waals surface area contributed by atoms with E-state index in [4.69, 9.17) is 9.47 Å². The van der Waals surface area contributed by atoms with Crippen molar-refractivity contribution in [3.05, 3.63) is 65.7 Å². The Morgan fingerprint density at radius 2 is 1.74 bits per heavy atom. The molecule has 98 valence electrons. The van der Waals surface area contributed by atoms with Crippen molar-refractivity contribution < 1.29 is 9.47 Å². The average molecular weight is 254 g/mol. The van der Waals surface area contributed by atoms with Gasteiger partial charge in [-0.15, -0.1) is 0 Å². The van der Waals surface area contributed by atoms with Gasteiger partial charge in [-0.3, -0.25) is 0 Å². The minimum absolute atomic E-state index is 0.206. The zero-order valence-electron chi connectivity index (χ0n) is 11.3. The molecule has 0 spiro atoms. The summed E-state index contributed by atoms with van der Waals surface area (Å²) in [4.78, 5) is 0. The molecule has 0 bridgehead atoms. The van der Waals surface area contributed by atoms with E-state index in [2.05, 4.69) is 19.6 Å². The molecule has 0 heterocycles. The number of aryl methyl sites for hydroxylation is 2. The molecule has 0 atom stereocenters. The first kappa shape index (κ1) is 13.2. The summed E-state index contributed by atoms with van der Waals surface area (Å²) < 4.78 is 11.1. The highest BCUT2D eigenvalue weighted by atomic mass is 16.7. The molecule has 0 amide bonds. The molecule has 2 heteroatoms. The molecule has 0 saturated carbocycles. The Bertz CT molecular complexity index is 556. The van der Waals surface area contributed by atoms with Crippen molar-refractivity contribution in [1.29, 1.82) is 0 Å². The molecule has 2 aromatic carbocycles. The third kappa shape index (κ3) is 3.62. The quantitative estimate of drug-likeness (QED) is 0.738. The standard InChI is InChI=1S/C17H18O2/c1-4-15-6-8-16(9-7-15)18-12-19-17-10-5-13(2)11-14(17)3/h4-11H,1,12H2,2-3H3. The van der Waals surface area contributed by atoms with E-state index in [1.807, 2.05) is 43.3 Å². The van der Waals surface area contributed by atoms with E-state index < -0.39 is 0 Å². The summed E-state index contributed by atoms with van der Waals surface area (Å²) in [5, 5.41) is 0. The van der Waals surface area contributed by atoms with Gasteiger partial charge >= 0.3 is 0 Å². The van der Waals surface area contributed by atoms with E-state index in [1.54, 1.807) is 6.08 Å². The summed E-state index contributed by atoms with van der Waals surface area (Å²) in [7, 11) is 0. The molecule has 0 radical (unpaired) electrons. The second-order valence-corrected chi connectivity index (χ2v) is 4.45. The van der Waals surface area contributed by atoms with Gasteiger partial charge in [0, 0.05) is 0 Å². The molecule has 0 unspecified atom stereocenters. The maximum Gasteiger partial charge on any atom is 0.230 e. The minimum Gasteiger partial charge on any atom is -0.458 e. The first-order valence-electron chi connectivity index (χ1n) is 6.24. The lowest BCUT2D eigenvalue weighted by Gasteiger charge is -2.11. The van der Waals surface area contributed by atoms with E-state index in [9.17, 15) is 0 Å². The fraction of sp³-hybridized carbons (Fsp3) is 0.176. The van der Waals surface area contributed by atoms with Crippen molar-refractivity contribution in [3.8, 4) is 11.5 Å². The van der Waals surface area contributed by atoms with Crippen LogP contribution in [-0.2, 0) is 0 Å². The monoisotopic (exact) mass is 254 g/mol. The van der Waals surface area contributed by atoms with Crippen molar-refractivity contribution in [2.45, 2.75) is 13.8 Å². The molecular formula is C17H18O2. The van der Waals surface area contributed by atoms with Crippen molar-refractivity contribution in [3.63, 3.8) is 0 Å². The van der Waals surface area contributed by atoms with Crippen LogP contribution in [0.1, 0.15) is 16.7 Å². The summed E-state index contributed by atoms with van der Waals surface area (Å²) >= 11 is 0. The average Bonchev–Trinajstić information content (AvgIpc) is 2.42. The summed E-state index contributed by atoms with van der Waals surface area (Å²) in [6.07, 6.45) is 1.80. The van der Waals surface area contributed by atoms with Gasteiger partial charge in [0.2, 0.25) is 6.79 Å². The van der Waals surface area contributed by atoms with E-state index in [-0.39, 0.29) is 6.79 Å². The van der Waals surface area contributed by atoms with Crippen LogP contribution in [0.4, 0.5) is 0 Å². The SMILES string of the molecule is C=Cc1ccc(OCOc2ccc(C)cc2C)cc1. The first-order chi connectivity index (χ1) is 9.19. The third-order valence-electron chi connectivity index (χ3n) is 2.89. The van der Waals surface area contributed by atoms with Crippen LogP contribution in [0, 0.1) is 13.8 Å². The summed E-state index contributed by atoms with van der Waals surface area (Å²) in [5.41, 5.74) is 3.42. The second kappa shape index (κ2) is 6.10. The maximum atomic E-state index is 5.61. The summed E-state index contributed by atoms with van der Waals surface area (Å²) in [6, 6.07) is 13.8. The predicted octanol–water partition coefficient (Wildman–Crippen LogP) is 4.36. The van der Waals surface area contributed by atoms with Gasteiger partial charge in [0.1, 0.15) is 11.5 Å². The van der Waals surface area contributed by atoms with E-state index in [0.717, 1.165) is 22.6 Å². The lowest BCUT2D eigenvalue weighted by Crippen LogP contribution is -2.06. The van der Waals surface area contributed by atoms with Gasteiger partial charge in [0.25, 0.3) is 0 Å². The van der Waals surface area contributed by atoms with Gasteiger partial charge in [0.15, 0.2) is 0 Å². The molecule has 0 fully saturated rings. The highest BCUT2D eigenvalue weighted by molar-refractivity contribution is 5.48. The maximum absolute atomic E-state index is 5.61. The number of hydrogen-bond donors (Lipinski definition) is 0. The van der Waals surface area contributed by atoms with Crippen LogP contribution in [0.2, 0.25) is 0 Å². The van der Waals surface area contributed by atoms with Gasteiger partial charge in [-0.05, 0) is 43.2 Å². The number of rotatable bonds is 5. The van der Waals surface area contributed by atoms with Gasteiger partial charge in [-0.25, -0.2) is 0 Å². The van der Waals surface area contributed by atoms with Gasteiger partial charge < -0.3 is 9.47 Å². The molecule has 0 aliphatic rings. The van der Waals surface area contributed by atoms with E-state index >= 15 is 0 Å². The smallest absolute Gasteiger partial charge is 0.230 e. The first-order valence-corrected chi connectivity index (χ1v) is 6.24. The topological polar surface area (TPSA) is 18.5 Å². The van der Waals surface area contributed by atoms with Crippen molar-refractivity contribution in [1.82, 2.24) is 0 Å². The molecule has 0 saturated heterocycles. The Morgan fingerprint density at radius 3 is 2.37 bits per heavy atom. The fourth-order valence-electron chi connectivity index (χ4n) is 1.82. The van der Waals surface area contributed by atoms with Crippen molar-refractivity contribution in [2.75, 3.05) is 6.79 Å². The normalized spacial score (nSPS) is 10.0. The van der Waals surface area contributed by atoms with Gasteiger partial charge in [0.05, 0.1) is 0 Å². The highest BCUT2D eigenvalue weighted by Gasteiger charge is 2.00. The molecule has 0 N–H and O–H groups in total. The largest absolute Gasteiger partial charge is 0.458 e. The molecule has 2 aromatic rings. The Morgan fingerprint density at radius 1 is 1.00 bits per heavy atom. The number of hydrogen-bond acceptors (Lipinski definition) is 2. The van der Waals surface area contributed by atoms with Crippen LogP contribution in [0.5, 0.6) is 11.5 Å². The molecule has 2 nitrogen and oxygen atoms in total. The third-order valence-corrected chi connectivity index (χ3v) is 2.89. The van der Waals surface area contributed by atoms with Crippen LogP contribution in [0.15, 0.2) is 49.0 Å². The Hall–Kier alpha value is -2.22. The minimum atomic E-state index is 0.206. The Balaban J connectivity index is 1.90. The van der Waals surface area contributed by atoms with Crippen LogP contribution in [-0.4, -0.2) is 6.79 Å². The van der Waals surface area contributed by atoms with E-state index in [0.29, 0.717) is 0 Å². The van der Waals surface area contributed by atoms with Crippen LogP contribution in [0.25, 0.3) is 6.08 Å². The Kier molecular flexibility index (Phi) is 4.24. The lowest BCUT2D eigenvalue weighted by atomic mass is 10.1. The predicted molar refractivity (Wildman–Crippen MR) is 78.6 cm³/mol.